The first-order valence-electron chi connectivity index (χ1n) is 11.1. The molecule has 1 aromatic carbocycles. The van der Waals surface area contributed by atoms with E-state index < -0.39 is 5.79 Å². The van der Waals surface area contributed by atoms with Crippen molar-refractivity contribution < 1.29 is 13.9 Å². The van der Waals surface area contributed by atoms with Crippen molar-refractivity contribution in [3.05, 3.63) is 77.4 Å². The van der Waals surface area contributed by atoms with Crippen LogP contribution in [0.1, 0.15) is 24.0 Å². The molecule has 0 radical (unpaired) electrons. The Kier molecular flexibility index (Phi) is 4.67. The van der Waals surface area contributed by atoms with Crippen molar-refractivity contribution in [1.29, 1.82) is 0 Å². The lowest BCUT2D eigenvalue weighted by Gasteiger charge is -2.31. The zero-order valence-corrected chi connectivity index (χ0v) is 17.4. The summed E-state index contributed by atoms with van der Waals surface area (Å²) >= 11 is 0. The van der Waals surface area contributed by atoms with Crippen LogP contribution in [0.2, 0.25) is 0 Å². The lowest BCUT2D eigenvalue weighted by atomic mass is 9.82. The molecule has 0 saturated carbocycles. The van der Waals surface area contributed by atoms with Gasteiger partial charge in [0.15, 0.2) is 5.79 Å². The van der Waals surface area contributed by atoms with Crippen molar-refractivity contribution in [2.75, 3.05) is 32.8 Å². The first-order valence-corrected chi connectivity index (χ1v) is 11.1. The average molecular weight is 420 g/mol. The molecule has 2 saturated heterocycles. The van der Waals surface area contributed by atoms with Gasteiger partial charge in [-0.05, 0) is 59.5 Å². The molecule has 2 fully saturated rings. The standard InChI is InChI=1S/C25H26FN3O2/c26-20-3-1-18(2-4-20)24-23(17-5-8-27-9-6-17)22(15-28-24)19-7-10-29-16-25(14-21(29)13-19)30-11-12-31-25/h1-9,21-22,28H,10-16H2/t21-,22?/m1/s1. The largest absolute Gasteiger partial charge is 0.383 e. The molecule has 5 nitrogen and oxygen atoms in total. The van der Waals surface area contributed by atoms with Gasteiger partial charge in [-0.2, -0.15) is 0 Å². The molecule has 0 aliphatic carbocycles. The summed E-state index contributed by atoms with van der Waals surface area (Å²) in [5.74, 6) is -0.331. The van der Waals surface area contributed by atoms with Crippen LogP contribution in [0.3, 0.4) is 0 Å². The first-order chi connectivity index (χ1) is 15.2. The first kappa shape index (κ1) is 19.2. The molecule has 0 bridgehead atoms. The molecule has 160 valence electrons. The predicted molar refractivity (Wildman–Crippen MR) is 116 cm³/mol. The van der Waals surface area contributed by atoms with Crippen LogP contribution in [-0.2, 0) is 9.47 Å². The van der Waals surface area contributed by atoms with E-state index in [2.05, 4.69) is 33.4 Å². The fourth-order valence-corrected chi connectivity index (χ4v) is 5.63. The van der Waals surface area contributed by atoms with E-state index in [1.54, 1.807) is 0 Å². The van der Waals surface area contributed by atoms with Gasteiger partial charge in [-0.3, -0.25) is 9.88 Å². The van der Waals surface area contributed by atoms with Crippen molar-refractivity contribution in [3.63, 3.8) is 0 Å². The van der Waals surface area contributed by atoms with Gasteiger partial charge >= 0.3 is 0 Å². The summed E-state index contributed by atoms with van der Waals surface area (Å²) in [7, 11) is 0. The Morgan fingerprint density at radius 3 is 2.58 bits per heavy atom. The van der Waals surface area contributed by atoms with Crippen molar-refractivity contribution in [1.82, 2.24) is 15.2 Å². The molecule has 1 spiro atoms. The Bertz CT molecular complexity index is 1030. The molecule has 6 rings (SSSR count). The summed E-state index contributed by atoms with van der Waals surface area (Å²) in [5, 5.41) is 3.63. The molecular formula is C25H26FN3O2. The molecule has 6 heteroatoms. The van der Waals surface area contributed by atoms with Crippen LogP contribution >= 0.6 is 0 Å². The van der Waals surface area contributed by atoms with E-state index in [0.717, 1.165) is 49.3 Å². The second-order valence-corrected chi connectivity index (χ2v) is 8.84. The molecule has 5 heterocycles. The van der Waals surface area contributed by atoms with E-state index >= 15 is 0 Å². The van der Waals surface area contributed by atoms with Crippen LogP contribution in [-0.4, -0.2) is 54.6 Å². The summed E-state index contributed by atoms with van der Waals surface area (Å²) in [6.45, 7) is 4.03. The maximum absolute atomic E-state index is 13.5. The van der Waals surface area contributed by atoms with Crippen LogP contribution in [0.5, 0.6) is 0 Å². The van der Waals surface area contributed by atoms with E-state index in [9.17, 15) is 4.39 Å². The number of hydrogen-bond donors (Lipinski definition) is 1. The van der Waals surface area contributed by atoms with Gasteiger partial charge in [0.1, 0.15) is 5.82 Å². The van der Waals surface area contributed by atoms with Crippen LogP contribution < -0.4 is 5.32 Å². The molecule has 0 amide bonds. The summed E-state index contributed by atoms with van der Waals surface area (Å²) in [4.78, 5) is 6.70. The van der Waals surface area contributed by atoms with Gasteiger partial charge in [-0.15, -0.1) is 0 Å². The third-order valence-electron chi connectivity index (χ3n) is 7.05. The SMILES string of the molecule is Fc1ccc(C2=C(c3ccncc3)C(C3=CCN4CC5(C[C@H]4C3)OCCO5)CN2)cc1. The number of pyridine rings is 1. The van der Waals surface area contributed by atoms with E-state index in [-0.39, 0.29) is 11.7 Å². The zero-order valence-electron chi connectivity index (χ0n) is 17.4. The third kappa shape index (κ3) is 3.39. The number of hydrogen-bond acceptors (Lipinski definition) is 5. The fraction of sp³-hybridized carbons (Fsp3) is 0.400. The number of halogens is 1. The maximum Gasteiger partial charge on any atom is 0.182 e. The number of rotatable bonds is 3. The predicted octanol–water partition coefficient (Wildman–Crippen LogP) is 3.46. The average Bonchev–Trinajstić information content (AvgIpc) is 3.52. The monoisotopic (exact) mass is 419 g/mol. The molecule has 4 aliphatic rings. The highest BCUT2D eigenvalue weighted by atomic mass is 19.1. The number of benzene rings is 1. The zero-order chi connectivity index (χ0) is 20.8. The highest BCUT2D eigenvalue weighted by Crippen LogP contribution is 2.45. The highest BCUT2D eigenvalue weighted by molar-refractivity contribution is 5.94. The Morgan fingerprint density at radius 2 is 1.81 bits per heavy atom. The maximum atomic E-state index is 13.5. The smallest absolute Gasteiger partial charge is 0.182 e. The van der Waals surface area contributed by atoms with Gasteiger partial charge in [0.05, 0.1) is 19.8 Å². The molecule has 1 aromatic heterocycles. The second kappa shape index (κ2) is 7.55. The van der Waals surface area contributed by atoms with Crippen LogP contribution in [0.15, 0.2) is 60.4 Å². The minimum Gasteiger partial charge on any atom is -0.383 e. The summed E-state index contributed by atoms with van der Waals surface area (Å²) < 4.78 is 25.5. The number of fused-ring (bicyclic) bond motifs is 1. The van der Waals surface area contributed by atoms with Gasteiger partial charge in [-0.25, -0.2) is 4.39 Å². The van der Waals surface area contributed by atoms with E-state index in [4.69, 9.17) is 9.47 Å². The second-order valence-electron chi connectivity index (χ2n) is 8.84. The summed E-state index contributed by atoms with van der Waals surface area (Å²) in [5.41, 5.74) is 6.01. The van der Waals surface area contributed by atoms with E-state index in [0.29, 0.717) is 19.3 Å². The summed E-state index contributed by atoms with van der Waals surface area (Å²) in [6.07, 6.45) is 8.03. The Labute approximate surface area is 181 Å². The fourth-order valence-electron chi connectivity index (χ4n) is 5.63. The van der Waals surface area contributed by atoms with Crippen LogP contribution in [0.25, 0.3) is 11.3 Å². The quantitative estimate of drug-likeness (QED) is 0.773. The lowest BCUT2D eigenvalue weighted by molar-refractivity contribution is -0.145. The lowest BCUT2D eigenvalue weighted by Crippen LogP contribution is -2.37. The molecule has 1 N–H and O–H groups in total. The van der Waals surface area contributed by atoms with Gasteiger partial charge in [0, 0.05) is 49.6 Å². The molecule has 31 heavy (non-hydrogen) atoms. The van der Waals surface area contributed by atoms with Crippen molar-refractivity contribution in [3.8, 4) is 0 Å². The van der Waals surface area contributed by atoms with Crippen LogP contribution in [0.4, 0.5) is 4.39 Å². The molecule has 1 unspecified atom stereocenters. The van der Waals surface area contributed by atoms with Crippen molar-refractivity contribution >= 4 is 11.3 Å². The molecule has 4 aliphatic heterocycles. The minimum absolute atomic E-state index is 0.217. The van der Waals surface area contributed by atoms with E-state index in [1.807, 2.05) is 24.5 Å². The number of aromatic nitrogens is 1. The normalized spacial score (nSPS) is 27.5. The Hall–Kier alpha value is -2.54. The van der Waals surface area contributed by atoms with Crippen molar-refractivity contribution in [2.24, 2.45) is 5.92 Å². The van der Waals surface area contributed by atoms with Gasteiger partial charge < -0.3 is 14.8 Å². The van der Waals surface area contributed by atoms with Gasteiger partial charge in [0.2, 0.25) is 0 Å². The topological polar surface area (TPSA) is 46.6 Å². The van der Waals surface area contributed by atoms with Crippen LogP contribution in [0, 0.1) is 11.7 Å². The summed E-state index contributed by atoms with van der Waals surface area (Å²) in [6, 6.07) is 11.4. The number of nitrogens with zero attached hydrogens (tertiary/aromatic N) is 2. The van der Waals surface area contributed by atoms with Gasteiger partial charge in [0.25, 0.3) is 0 Å². The number of ether oxygens (including phenoxy) is 2. The van der Waals surface area contributed by atoms with E-state index in [1.165, 1.54) is 23.3 Å². The number of nitrogens with one attached hydrogen (secondary N) is 1. The minimum atomic E-state index is -0.398. The highest BCUT2D eigenvalue weighted by Gasteiger charge is 2.49. The Balaban J connectivity index is 1.33. The van der Waals surface area contributed by atoms with Gasteiger partial charge in [-0.1, -0.05) is 11.6 Å². The Morgan fingerprint density at radius 1 is 1.03 bits per heavy atom. The molecular weight excluding hydrogens is 393 g/mol. The molecule has 2 atom stereocenters. The van der Waals surface area contributed by atoms with Crippen molar-refractivity contribution in [2.45, 2.75) is 24.7 Å². The molecule has 2 aromatic rings. The third-order valence-corrected chi connectivity index (χ3v) is 7.05.